The third-order valence-electron chi connectivity index (χ3n) is 5.91. The van der Waals surface area contributed by atoms with E-state index in [1.807, 2.05) is 12.1 Å². The van der Waals surface area contributed by atoms with Crippen LogP contribution < -0.4 is 4.74 Å². The summed E-state index contributed by atoms with van der Waals surface area (Å²) in [5.41, 5.74) is 2.48. The summed E-state index contributed by atoms with van der Waals surface area (Å²) in [5, 5.41) is 0.211. The molecule has 0 bridgehead atoms. The van der Waals surface area contributed by atoms with E-state index < -0.39 is 10.0 Å². The van der Waals surface area contributed by atoms with Crippen molar-refractivity contribution in [3.8, 4) is 5.75 Å². The summed E-state index contributed by atoms with van der Waals surface area (Å²) in [6, 6.07) is 12.5. The summed E-state index contributed by atoms with van der Waals surface area (Å²) in [6.07, 6.45) is 0.899. The zero-order chi connectivity index (χ0) is 22.0. The van der Waals surface area contributed by atoms with Gasteiger partial charge < -0.3 is 9.64 Å². The van der Waals surface area contributed by atoms with Crippen LogP contribution in [0.4, 0.5) is 0 Å². The number of carbonyl (C=O) groups is 1. The number of nitrogens with zero attached hydrogens (tertiary/aromatic N) is 3. The maximum Gasteiger partial charge on any atom is 0.244 e. The lowest BCUT2D eigenvalue weighted by Crippen LogP contribution is -2.52. The maximum absolute atomic E-state index is 12.9. The molecule has 166 valence electrons. The third-order valence-corrected chi connectivity index (χ3v) is 8.31. The van der Waals surface area contributed by atoms with Crippen LogP contribution in [0.15, 0.2) is 47.4 Å². The quantitative estimate of drug-likeness (QED) is 0.680. The largest absolute Gasteiger partial charge is 0.497 e. The van der Waals surface area contributed by atoms with E-state index in [1.165, 1.54) is 21.5 Å². The Kier molecular flexibility index (Phi) is 6.52. The second-order valence-electron chi connectivity index (χ2n) is 7.81. The van der Waals surface area contributed by atoms with Gasteiger partial charge in [-0.1, -0.05) is 29.8 Å². The number of rotatable bonds is 5. The summed E-state index contributed by atoms with van der Waals surface area (Å²) in [5.74, 6) is 0.851. The van der Waals surface area contributed by atoms with Gasteiger partial charge in [-0.3, -0.25) is 9.69 Å². The first kappa shape index (κ1) is 22.1. The van der Waals surface area contributed by atoms with Crippen molar-refractivity contribution in [1.82, 2.24) is 14.1 Å². The second-order valence-corrected chi connectivity index (χ2v) is 10.1. The van der Waals surface area contributed by atoms with Crippen molar-refractivity contribution in [2.24, 2.45) is 0 Å². The minimum Gasteiger partial charge on any atom is -0.497 e. The smallest absolute Gasteiger partial charge is 0.244 e. The first-order valence-electron chi connectivity index (χ1n) is 10.3. The second kappa shape index (κ2) is 9.16. The van der Waals surface area contributed by atoms with Gasteiger partial charge in [0.2, 0.25) is 15.9 Å². The molecular formula is C22H26ClN3O4S. The highest BCUT2D eigenvalue weighted by atomic mass is 35.5. The Bertz CT molecular complexity index is 1070. The van der Waals surface area contributed by atoms with Crippen molar-refractivity contribution in [1.29, 1.82) is 0 Å². The lowest BCUT2D eigenvalue weighted by molar-refractivity contribution is -0.133. The van der Waals surface area contributed by atoms with Crippen molar-refractivity contribution in [2.75, 3.05) is 46.4 Å². The topological polar surface area (TPSA) is 70.2 Å². The van der Waals surface area contributed by atoms with Crippen LogP contribution in [-0.4, -0.2) is 74.8 Å². The van der Waals surface area contributed by atoms with Crippen LogP contribution in [0, 0.1) is 0 Å². The van der Waals surface area contributed by atoms with E-state index in [4.69, 9.17) is 16.3 Å². The molecule has 2 aromatic rings. The molecule has 4 rings (SSSR count). The number of amides is 1. The first-order chi connectivity index (χ1) is 14.9. The standard InChI is InChI=1S/C22H26ClN3O4S/c1-30-19-7-6-17-8-9-24(15-18(17)14-19)16-22(27)25-10-12-26(13-11-25)31(28,29)21-5-3-2-4-20(21)23/h2-7,14H,8-13,15-16H2,1H3. The van der Waals surface area contributed by atoms with Crippen LogP contribution in [0.2, 0.25) is 5.02 Å². The monoisotopic (exact) mass is 463 g/mol. The minimum absolute atomic E-state index is 0.0288. The van der Waals surface area contributed by atoms with Gasteiger partial charge in [-0.2, -0.15) is 4.31 Å². The van der Waals surface area contributed by atoms with Gasteiger partial charge in [0.05, 0.1) is 18.7 Å². The molecule has 0 aliphatic carbocycles. The van der Waals surface area contributed by atoms with E-state index in [9.17, 15) is 13.2 Å². The Morgan fingerprint density at radius 1 is 1.03 bits per heavy atom. The van der Waals surface area contributed by atoms with Gasteiger partial charge >= 0.3 is 0 Å². The van der Waals surface area contributed by atoms with Crippen LogP contribution in [0.5, 0.6) is 5.75 Å². The van der Waals surface area contributed by atoms with Crippen molar-refractivity contribution >= 4 is 27.5 Å². The van der Waals surface area contributed by atoms with Crippen molar-refractivity contribution in [2.45, 2.75) is 17.9 Å². The summed E-state index contributed by atoms with van der Waals surface area (Å²) in [7, 11) is -2.02. The molecule has 0 spiro atoms. The average molecular weight is 464 g/mol. The third kappa shape index (κ3) is 4.72. The number of benzene rings is 2. The lowest BCUT2D eigenvalue weighted by Gasteiger charge is -2.36. The number of ether oxygens (including phenoxy) is 1. The van der Waals surface area contributed by atoms with Crippen LogP contribution in [0.3, 0.4) is 0 Å². The number of methoxy groups -OCH3 is 1. The van der Waals surface area contributed by atoms with Gasteiger partial charge in [0.1, 0.15) is 10.6 Å². The molecule has 0 aromatic heterocycles. The molecule has 2 aromatic carbocycles. The molecule has 0 N–H and O–H groups in total. The molecule has 1 amide bonds. The van der Waals surface area contributed by atoms with Crippen molar-refractivity contribution in [3.05, 3.63) is 58.6 Å². The average Bonchev–Trinajstić information content (AvgIpc) is 2.78. The van der Waals surface area contributed by atoms with Gasteiger partial charge in [0.15, 0.2) is 0 Å². The van der Waals surface area contributed by atoms with E-state index in [0.29, 0.717) is 26.2 Å². The number of sulfonamides is 1. The number of hydrogen-bond donors (Lipinski definition) is 0. The SMILES string of the molecule is COc1ccc2c(c1)CN(CC(=O)N1CCN(S(=O)(=O)c3ccccc3Cl)CC1)CC2. The number of fused-ring (bicyclic) bond motifs is 1. The predicted octanol–water partition coefficient (Wildman–Crippen LogP) is 2.24. The first-order valence-corrected chi connectivity index (χ1v) is 12.1. The molecule has 0 radical (unpaired) electrons. The zero-order valence-electron chi connectivity index (χ0n) is 17.5. The zero-order valence-corrected chi connectivity index (χ0v) is 19.0. The van der Waals surface area contributed by atoms with Gasteiger partial charge in [-0.15, -0.1) is 0 Å². The minimum atomic E-state index is -3.67. The molecule has 0 saturated carbocycles. The Balaban J connectivity index is 1.34. The molecule has 1 saturated heterocycles. The van der Waals surface area contributed by atoms with Crippen LogP contribution in [0.25, 0.3) is 0 Å². The molecule has 9 heteroatoms. The van der Waals surface area contributed by atoms with E-state index in [1.54, 1.807) is 30.2 Å². The maximum atomic E-state index is 12.9. The Morgan fingerprint density at radius 3 is 2.48 bits per heavy atom. The number of piperazine rings is 1. The van der Waals surface area contributed by atoms with E-state index in [0.717, 1.165) is 18.7 Å². The number of hydrogen-bond acceptors (Lipinski definition) is 5. The molecule has 1 fully saturated rings. The number of carbonyl (C=O) groups excluding carboxylic acids is 1. The van der Waals surface area contributed by atoms with Crippen molar-refractivity contribution < 1.29 is 17.9 Å². The van der Waals surface area contributed by atoms with Gasteiger partial charge in [0, 0.05) is 39.3 Å². The van der Waals surface area contributed by atoms with E-state index in [2.05, 4.69) is 11.0 Å². The Labute approximate surface area is 188 Å². The Hall–Kier alpha value is -2.13. The van der Waals surface area contributed by atoms with Gasteiger partial charge in [0.25, 0.3) is 0 Å². The summed E-state index contributed by atoms with van der Waals surface area (Å²) >= 11 is 6.09. The van der Waals surface area contributed by atoms with Gasteiger partial charge in [-0.05, 0) is 41.8 Å². The molecule has 2 aliphatic rings. The van der Waals surface area contributed by atoms with E-state index in [-0.39, 0.29) is 28.9 Å². The fourth-order valence-corrected chi connectivity index (χ4v) is 6.03. The summed E-state index contributed by atoms with van der Waals surface area (Å²) < 4.78 is 32.5. The molecular weight excluding hydrogens is 438 g/mol. The molecule has 0 atom stereocenters. The summed E-state index contributed by atoms with van der Waals surface area (Å²) in [6.45, 7) is 3.14. The summed E-state index contributed by atoms with van der Waals surface area (Å²) in [4.78, 5) is 16.8. The van der Waals surface area contributed by atoms with E-state index >= 15 is 0 Å². The van der Waals surface area contributed by atoms with Crippen molar-refractivity contribution in [3.63, 3.8) is 0 Å². The highest BCUT2D eigenvalue weighted by Gasteiger charge is 2.32. The van der Waals surface area contributed by atoms with Gasteiger partial charge in [-0.25, -0.2) is 8.42 Å². The Morgan fingerprint density at radius 2 is 1.77 bits per heavy atom. The highest BCUT2D eigenvalue weighted by Crippen LogP contribution is 2.26. The molecule has 2 heterocycles. The van der Waals surface area contributed by atoms with Crippen LogP contribution in [-0.2, 0) is 27.8 Å². The molecule has 7 nitrogen and oxygen atoms in total. The highest BCUT2D eigenvalue weighted by molar-refractivity contribution is 7.89. The fraction of sp³-hybridized carbons (Fsp3) is 0.409. The predicted molar refractivity (Wildman–Crippen MR) is 119 cm³/mol. The molecule has 2 aliphatic heterocycles. The van der Waals surface area contributed by atoms with Crippen LogP contribution >= 0.6 is 11.6 Å². The lowest BCUT2D eigenvalue weighted by atomic mass is 9.99. The fourth-order valence-electron chi connectivity index (χ4n) is 4.12. The number of halogens is 1. The van der Waals surface area contributed by atoms with Crippen LogP contribution in [0.1, 0.15) is 11.1 Å². The molecule has 0 unspecified atom stereocenters. The molecule has 31 heavy (non-hydrogen) atoms. The normalized spacial score (nSPS) is 17.9.